The summed E-state index contributed by atoms with van der Waals surface area (Å²) < 4.78 is 0.748. The Balaban J connectivity index is 1.42. The van der Waals surface area contributed by atoms with Crippen LogP contribution in [0.5, 0.6) is 0 Å². The third kappa shape index (κ3) is 6.37. The topological polar surface area (TPSA) is 166 Å². The molecule has 3 aromatic rings. The smallest absolute Gasteiger partial charge is 0.305 e. The third-order valence-corrected chi connectivity index (χ3v) is 9.96. The lowest BCUT2D eigenvalue weighted by Gasteiger charge is -2.33. The van der Waals surface area contributed by atoms with Crippen molar-refractivity contribution in [1.82, 2.24) is 20.5 Å². The first-order valence-corrected chi connectivity index (χ1v) is 16.1. The van der Waals surface area contributed by atoms with Crippen molar-refractivity contribution in [1.29, 1.82) is 0 Å². The zero-order valence-electron chi connectivity index (χ0n) is 26.1. The number of aryl methyl sites for hydroxylation is 1. The highest BCUT2D eigenvalue weighted by atomic mass is 32.1. The molecule has 0 bridgehead atoms. The van der Waals surface area contributed by atoms with E-state index < -0.39 is 60.1 Å². The number of hydrogen-bond acceptors (Lipinski definition) is 8. The molecule has 46 heavy (non-hydrogen) atoms. The van der Waals surface area contributed by atoms with Gasteiger partial charge in [0.2, 0.25) is 29.4 Å². The molecule has 242 valence electrons. The fourth-order valence-corrected chi connectivity index (χ4v) is 7.21. The van der Waals surface area contributed by atoms with Crippen LogP contribution in [0.4, 0.5) is 5.69 Å². The summed E-state index contributed by atoms with van der Waals surface area (Å²) in [5.41, 5.74) is 2.78. The number of nitrogens with one attached hydrogen (secondary N) is 2. The van der Waals surface area contributed by atoms with Crippen LogP contribution in [0.1, 0.15) is 61.0 Å². The number of carbonyl (C=O) groups excluding carboxylic acids is 5. The van der Waals surface area contributed by atoms with Gasteiger partial charge in [0.05, 0.1) is 22.3 Å². The molecule has 0 saturated carbocycles. The number of anilines is 1. The first-order valence-electron chi connectivity index (χ1n) is 15.3. The van der Waals surface area contributed by atoms with Crippen molar-refractivity contribution in [3.8, 4) is 0 Å². The lowest BCUT2D eigenvalue weighted by Crippen LogP contribution is -2.59. The van der Waals surface area contributed by atoms with E-state index in [4.69, 9.17) is 0 Å². The maximum Gasteiger partial charge on any atom is 0.305 e. The Morgan fingerprint density at radius 1 is 1.11 bits per heavy atom. The summed E-state index contributed by atoms with van der Waals surface area (Å²) in [7, 11) is 1.56. The van der Waals surface area contributed by atoms with Gasteiger partial charge in [-0.2, -0.15) is 0 Å². The van der Waals surface area contributed by atoms with Crippen molar-refractivity contribution in [3.05, 3.63) is 58.6 Å². The maximum atomic E-state index is 14.2. The Bertz CT molecular complexity index is 1690. The number of ketones is 1. The van der Waals surface area contributed by atoms with E-state index >= 15 is 0 Å². The minimum Gasteiger partial charge on any atom is -0.481 e. The number of carboxylic acid groups (broad SMARTS) is 1. The Labute approximate surface area is 270 Å². The number of benzene rings is 2. The number of para-hydroxylation sites is 2. The van der Waals surface area contributed by atoms with Crippen LogP contribution in [0.2, 0.25) is 0 Å². The van der Waals surface area contributed by atoms with E-state index in [0.717, 1.165) is 27.2 Å². The summed E-state index contributed by atoms with van der Waals surface area (Å²) in [6, 6.07) is 8.40. The maximum absolute atomic E-state index is 14.2. The highest BCUT2D eigenvalue weighted by Gasteiger charge is 2.45. The van der Waals surface area contributed by atoms with Gasteiger partial charge in [-0.3, -0.25) is 33.7 Å². The van der Waals surface area contributed by atoms with Crippen LogP contribution < -0.4 is 15.5 Å². The van der Waals surface area contributed by atoms with Crippen LogP contribution >= 0.6 is 11.3 Å². The molecule has 2 aromatic carbocycles. The molecule has 0 fully saturated rings. The lowest BCUT2D eigenvalue weighted by atomic mass is 9.96. The standard InChI is InChI=1S/C33H37N5O7S/c1-5-17(2)27(37(4)18(3)39)31(44)34-22-14-13-19-9-8-10-20-15-24(38(28(19)20)33(22)45)30(43)35-23(16-26(40)41)29(42)32-36-21-11-6-7-12-25(21)46-32/h6-12,17,22-24,27H,5,13-16H2,1-4H3,(H,34,44)(H,35,43)(H,40,41)/t17-,22-,23-,24-,27-/m0/s1. The number of nitrogens with zero attached hydrogens (tertiary/aromatic N) is 3. The molecule has 0 saturated heterocycles. The lowest BCUT2D eigenvalue weighted by molar-refractivity contribution is -0.140. The fraction of sp³-hybridized carbons (Fsp3) is 0.424. The molecule has 4 amide bonds. The molecule has 5 rings (SSSR count). The predicted octanol–water partition coefficient (Wildman–Crippen LogP) is 2.72. The molecular formula is C33H37N5O7S. The van der Waals surface area contributed by atoms with E-state index in [9.17, 15) is 33.9 Å². The molecule has 3 heterocycles. The number of Topliss-reactive ketones (excluding diaryl/α,β-unsaturated/α-hetero) is 1. The Kier molecular flexibility index (Phi) is 9.52. The minimum absolute atomic E-state index is 0.0739. The van der Waals surface area contributed by atoms with Crippen LogP contribution in [0, 0.1) is 5.92 Å². The Morgan fingerprint density at radius 3 is 2.50 bits per heavy atom. The van der Waals surface area contributed by atoms with Crippen LogP contribution in [0.25, 0.3) is 10.2 Å². The van der Waals surface area contributed by atoms with E-state index in [1.54, 1.807) is 31.3 Å². The SMILES string of the molecule is CC[C@H](C)[C@@H](C(=O)N[C@H]1CCc2cccc3c2N(C1=O)[C@H](C(=O)N[C@@H](CC(=O)O)C(=O)c1nc2ccccc2s1)C3)N(C)C(C)=O. The van der Waals surface area contributed by atoms with E-state index in [1.807, 2.05) is 32.0 Å². The Morgan fingerprint density at radius 2 is 1.83 bits per heavy atom. The number of likely N-dealkylation sites (N-methyl/N-ethyl adjacent to an activating group) is 1. The summed E-state index contributed by atoms with van der Waals surface area (Å²) >= 11 is 1.11. The van der Waals surface area contributed by atoms with E-state index in [1.165, 1.54) is 16.7 Å². The summed E-state index contributed by atoms with van der Waals surface area (Å²) in [5, 5.41) is 15.2. The number of carboxylic acids is 1. The Hall–Kier alpha value is -4.65. The number of aliphatic carboxylic acids is 1. The number of aromatic nitrogens is 1. The number of hydrogen-bond donors (Lipinski definition) is 3. The monoisotopic (exact) mass is 647 g/mol. The average molecular weight is 648 g/mol. The van der Waals surface area contributed by atoms with Crippen molar-refractivity contribution in [2.45, 2.75) is 77.0 Å². The van der Waals surface area contributed by atoms with Crippen molar-refractivity contribution >= 4 is 62.6 Å². The number of rotatable bonds is 11. The number of carbonyl (C=O) groups is 6. The molecule has 5 atom stereocenters. The molecule has 0 radical (unpaired) electrons. The van der Waals surface area contributed by atoms with Gasteiger partial charge in [0.1, 0.15) is 24.2 Å². The van der Waals surface area contributed by atoms with Crippen LogP contribution in [-0.4, -0.2) is 81.6 Å². The third-order valence-electron chi connectivity index (χ3n) is 8.91. The molecule has 0 spiro atoms. The fourth-order valence-electron chi connectivity index (χ4n) is 6.25. The zero-order chi connectivity index (χ0) is 33.3. The summed E-state index contributed by atoms with van der Waals surface area (Å²) in [6.07, 6.45) is 0.849. The van der Waals surface area contributed by atoms with Gasteiger partial charge in [0.15, 0.2) is 5.01 Å². The molecule has 2 aliphatic heterocycles. The summed E-state index contributed by atoms with van der Waals surface area (Å²) in [5.74, 6) is -4.00. The van der Waals surface area contributed by atoms with Gasteiger partial charge in [0, 0.05) is 20.4 Å². The normalized spacial score (nSPS) is 19.0. The summed E-state index contributed by atoms with van der Waals surface area (Å²) in [4.78, 5) is 86.2. The van der Waals surface area contributed by atoms with Gasteiger partial charge >= 0.3 is 5.97 Å². The van der Waals surface area contributed by atoms with Crippen molar-refractivity contribution < 1.29 is 33.9 Å². The van der Waals surface area contributed by atoms with Gasteiger partial charge in [-0.1, -0.05) is 50.6 Å². The molecule has 3 N–H and O–H groups in total. The van der Waals surface area contributed by atoms with E-state index in [-0.39, 0.29) is 29.7 Å². The predicted molar refractivity (Wildman–Crippen MR) is 171 cm³/mol. The zero-order valence-corrected chi connectivity index (χ0v) is 26.9. The largest absolute Gasteiger partial charge is 0.481 e. The van der Waals surface area contributed by atoms with Crippen molar-refractivity contribution in [2.75, 3.05) is 11.9 Å². The second-order valence-corrected chi connectivity index (χ2v) is 13.0. The average Bonchev–Trinajstić information content (AvgIpc) is 3.60. The second kappa shape index (κ2) is 13.4. The number of fused-ring (bicyclic) bond motifs is 1. The molecular weight excluding hydrogens is 610 g/mol. The van der Waals surface area contributed by atoms with Gasteiger partial charge in [-0.25, -0.2) is 4.98 Å². The number of amides is 4. The van der Waals surface area contributed by atoms with E-state index in [0.29, 0.717) is 24.0 Å². The van der Waals surface area contributed by atoms with Crippen LogP contribution in [0.3, 0.4) is 0 Å². The van der Waals surface area contributed by atoms with Crippen LogP contribution in [0.15, 0.2) is 42.5 Å². The van der Waals surface area contributed by atoms with Gasteiger partial charge < -0.3 is 20.6 Å². The minimum atomic E-state index is -1.41. The highest BCUT2D eigenvalue weighted by molar-refractivity contribution is 7.20. The van der Waals surface area contributed by atoms with Crippen LogP contribution in [-0.2, 0) is 36.8 Å². The van der Waals surface area contributed by atoms with E-state index in [2.05, 4.69) is 15.6 Å². The van der Waals surface area contributed by atoms with Gasteiger partial charge in [-0.15, -0.1) is 11.3 Å². The quantitative estimate of drug-likeness (QED) is 0.267. The second-order valence-electron chi connectivity index (χ2n) is 11.9. The molecule has 0 unspecified atom stereocenters. The molecule has 1 aromatic heterocycles. The number of thiazole rings is 1. The highest BCUT2D eigenvalue weighted by Crippen LogP contribution is 2.39. The first kappa shape index (κ1) is 32.7. The van der Waals surface area contributed by atoms with Crippen molar-refractivity contribution in [3.63, 3.8) is 0 Å². The first-order chi connectivity index (χ1) is 21.9. The molecule has 0 aliphatic carbocycles. The molecule has 12 nitrogen and oxygen atoms in total. The molecule has 2 aliphatic rings. The van der Waals surface area contributed by atoms with Gasteiger partial charge in [-0.05, 0) is 42.0 Å². The summed E-state index contributed by atoms with van der Waals surface area (Å²) in [6.45, 7) is 5.16. The van der Waals surface area contributed by atoms with Gasteiger partial charge in [0.25, 0.3) is 0 Å². The van der Waals surface area contributed by atoms with Crippen molar-refractivity contribution in [2.24, 2.45) is 5.92 Å². The molecule has 13 heteroatoms.